The van der Waals surface area contributed by atoms with Crippen molar-refractivity contribution >= 4 is 23.6 Å². The van der Waals surface area contributed by atoms with Crippen molar-refractivity contribution in [3.63, 3.8) is 0 Å². The fourth-order valence-electron chi connectivity index (χ4n) is 3.00. The predicted octanol–water partition coefficient (Wildman–Crippen LogP) is 3.86. The molecule has 0 aliphatic heterocycles. The molecule has 0 unspecified atom stereocenters. The van der Waals surface area contributed by atoms with Gasteiger partial charge >= 0.3 is 0 Å². The van der Waals surface area contributed by atoms with Crippen LogP contribution in [0.3, 0.4) is 0 Å². The van der Waals surface area contributed by atoms with E-state index in [0.717, 1.165) is 31.4 Å². The number of aryl methyl sites for hydroxylation is 1. The topological polar surface area (TPSA) is 70.7 Å². The smallest absolute Gasteiger partial charge is 0.262 e. The molecule has 130 valence electrons. The van der Waals surface area contributed by atoms with E-state index in [4.69, 9.17) is 11.6 Å². The van der Waals surface area contributed by atoms with Gasteiger partial charge < -0.3 is 5.32 Å². The van der Waals surface area contributed by atoms with Crippen LogP contribution < -0.4 is 5.32 Å². The molecule has 1 aliphatic rings. The molecular weight excluding hydrogens is 324 g/mol. The third-order valence-electron chi connectivity index (χ3n) is 4.24. The molecule has 0 atom stereocenters. The largest absolute Gasteiger partial charge is 0.349 e. The maximum absolute atomic E-state index is 12.4. The maximum Gasteiger partial charge on any atom is 0.262 e. The van der Waals surface area contributed by atoms with E-state index in [-0.39, 0.29) is 17.5 Å². The number of carbonyl (C=O) groups excluding carboxylic acids is 1. The van der Waals surface area contributed by atoms with Crippen molar-refractivity contribution in [2.45, 2.75) is 65.5 Å². The van der Waals surface area contributed by atoms with E-state index in [1.165, 1.54) is 6.42 Å². The van der Waals surface area contributed by atoms with Gasteiger partial charge in [-0.2, -0.15) is 10.4 Å². The van der Waals surface area contributed by atoms with Crippen LogP contribution in [0.1, 0.15) is 57.2 Å². The van der Waals surface area contributed by atoms with Crippen LogP contribution in [0, 0.1) is 24.2 Å². The first-order valence-corrected chi connectivity index (χ1v) is 8.95. The number of aromatic nitrogens is 2. The molecule has 1 heterocycles. The van der Waals surface area contributed by atoms with E-state index < -0.39 is 0 Å². The quantitative estimate of drug-likeness (QED) is 0.648. The van der Waals surface area contributed by atoms with Crippen molar-refractivity contribution in [2.75, 3.05) is 0 Å². The van der Waals surface area contributed by atoms with E-state index in [1.807, 2.05) is 13.0 Å². The Bertz CT molecular complexity index is 663. The number of nitriles is 1. The van der Waals surface area contributed by atoms with Crippen molar-refractivity contribution in [3.8, 4) is 6.07 Å². The van der Waals surface area contributed by atoms with Crippen LogP contribution in [0.25, 0.3) is 6.08 Å². The van der Waals surface area contributed by atoms with Crippen LogP contribution in [-0.2, 0) is 11.3 Å². The predicted molar refractivity (Wildman–Crippen MR) is 95.4 cm³/mol. The Morgan fingerprint density at radius 2 is 2.12 bits per heavy atom. The molecule has 1 saturated carbocycles. The van der Waals surface area contributed by atoms with Gasteiger partial charge in [0.1, 0.15) is 16.8 Å². The molecule has 1 aromatic heterocycles. The fraction of sp³-hybridized carbons (Fsp3) is 0.611. The second-order valence-electron chi connectivity index (χ2n) is 6.84. The number of hydrogen-bond acceptors (Lipinski definition) is 3. The van der Waals surface area contributed by atoms with Gasteiger partial charge in [-0.15, -0.1) is 0 Å². The van der Waals surface area contributed by atoms with Gasteiger partial charge in [-0.05, 0) is 31.8 Å². The third-order valence-corrected chi connectivity index (χ3v) is 4.64. The first kappa shape index (κ1) is 18.5. The number of hydrogen-bond donors (Lipinski definition) is 1. The molecule has 0 spiro atoms. The molecule has 1 fully saturated rings. The third kappa shape index (κ3) is 4.61. The Morgan fingerprint density at radius 3 is 2.71 bits per heavy atom. The summed E-state index contributed by atoms with van der Waals surface area (Å²) in [5.74, 6) is 0.0835. The molecule has 2 rings (SSSR count). The average molecular weight is 349 g/mol. The molecule has 24 heavy (non-hydrogen) atoms. The van der Waals surface area contributed by atoms with Gasteiger partial charge in [-0.1, -0.05) is 44.7 Å². The molecule has 1 aromatic rings. The van der Waals surface area contributed by atoms with Gasteiger partial charge in [0.25, 0.3) is 5.91 Å². The van der Waals surface area contributed by atoms with E-state index in [0.29, 0.717) is 23.2 Å². The van der Waals surface area contributed by atoms with Gasteiger partial charge in [0.05, 0.1) is 5.69 Å². The molecule has 1 aliphatic carbocycles. The summed E-state index contributed by atoms with van der Waals surface area (Å²) in [6.07, 6.45) is 7.00. The van der Waals surface area contributed by atoms with Crippen LogP contribution in [0.15, 0.2) is 5.57 Å². The average Bonchev–Trinajstić information content (AvgIpc) is 2.79. The number of rotatable bonds is 5. The summed E-state index contributed by atoms with van der Waals surface area (Å²) in [4.78, 5) is 12.4. The van der Waals surface area contributed by atoms with Gasteiger partial charge in [-0.25, -0.2) is 0 Å². The van der Waals surface area contributed by atoms with Crippen LogP contribution in [0.5, 0.6) is 0 Å². The molecule has 0 bridgehead atoms. The molecule has 0 aromatic carbocycles. The van der Waals surface area contributed by atoms with E-state index in [9.17, 15) is 10.1 Å². The zero-order valence-electron chi connectivity index (χ0n) is 14.6. The SMILES string of the molecule is Cc1nn(CC(C)C)c(Cl)c1/C=C(\C#N)C(=O)NC1CCCCC1. The van der Waals surface area contributed by atoms with Crippen LogP contribution in [-0.4, -0.2) is 21.7 Å². The highest BCUT2D eigenvalue weighted by Gasteiger charge is 2.20. The fourth-order valence-corrected chi connectivity index (χ4v) is 3.30. The minimum absolute atomic E-state index is 0.0784. The van der Waals surface area contributed by atoms with Crippen molar-refractivity contribution in [1.29, 1.82) is 5.26 Å². The van der Waals surface area contributed by atoms with Crippen molar-refractivity contribution in [1.82, 2.24) is 15.1 Å². The zero-order valence-corrected chi connectivity index (χ0v) is 15.4. The number of nitrogens with zero attached hydrogens (tertiary/aromatic N) is 3. The Labute approximate surface area is 148 Å². The Kier molecular flexibility index (Phi) is 6.44. The molecule has 0 saturated heterocycles. The summed E-state index contributed by atoms with van der Waals surface area (Å²) in [5, 5.41) is 17.2. The summed E-state index contributed by atoms with van der Waals surface area (Å²) in [6.45, 7) is 6.70. The summed E-state index contributed by atoms with van der Waals surface area (Å²) >= 11 is 6.39. The van der Waals surface area contributed by atoms with Crippen molar-refractivity contribution in [3.05, 3.63) is 22.0 Å². The lowest BCUT2D eigenvalue weighted by Gasteiger charge is -2.22. The van der Waals surface area contributed by atoms with Gasteiger partial charge in [-0.3, -0.25) is 9.48 Å². The summed E-state index contributed by atoms with van der Waals surface area (Å²) in [6, 6.07) is 2.17. The summed E-state index contributed by atoms with van der Waals surface area (Å²) < 4.78 is 1.72. The van der Waals surface area contributed by atoms with Gasteiger partial charge in [0.2, 0.25) is 0 Å². The highest BCUT2D eigenvalue weighted by molar-refractivity contribution is 6.31. The monoisotopic (exact) mass is 348 g/mol. The number of halogens is 1. The first-order valence-electron chi connectivity index (χ1n) is 8.58. The van der Waals surface area contributed by atoms with Crippen LogP contribution >= 0.6 is 11.6 Å². The minimum Gasteiger partial charge on any atom is -0.349 e. The van der Waals surface area contributed by atoms with Gasteiger partial charge in [0, 0.05) is 18.2 Å². The van der Waals surface area contributed by atoms with Crippen LogP contribution in [0.4, 0.5) is 0 Å². The van der Waals surface area contributed by atoms with Crippen molar-refractivity contribution in [2.24, 2.45) is 5.92 Å². The highest BCUT2D eigenvalue weighted by atomic mass is 35.5. The second kappa shape index (κ2) is 8.34. The molecule has 5 nitrogen and oxygen atoms in total. The Hall–Kier alpha value is -1.80. The van der Waals surface area contributed by atoms with E-state index in [1.54, 1.807) is 10.8 Å². The number of carbonyl (C=O) groups is 1. The lowest BCUT2D eigenvalue weighted by molar-refractivity contribution is -0.117. The van der Waals surface area contributed by atoms with E-state index >= 15 is 0 Å². The highest BCUT2D eigenvalue weighted by Crippen LogP contribution is 2.24. The van der Waals surface area contributed by atoms with Crippen molar-refractivity contribution < 1.29 is 4.79 Å². The summed E-state index contributed by atoms with van der Waals surface area (Å²) in [7, 11) is 0. The molecule has 6 heteroatoms. The lowest BCUT2D eigenvalue weighted by Crippen LogP contribution is -2.36. The number of amides is 1. The zero-order chi connectivity index (χ0) is 17.7. The molecular formula is C18H25ClN4O. The van der Waals surface area contributed by atoms with E-state index in [2.05, 4.69) is 24.3 Å². The minimum atomic E-state index is -0.323. The maximum atomic E-state index is 12.4. The number of nitrogens with one attached hydrogen (secondary N) is 1. The van der Waals surface area contributed by atoms with Crippen LogP contribution in [0.2, 0.25) is 5.15 Å². The lowest BCUT2D eigenvalue weighted by atomic mass is 9.95. The first-order chi connectivity index (χ1) is 11.4. The molecule has 1 N–H and O–H groups in total. The standard InChI is InChI=1S/C18H25ClN4O/c1-12(2)11-23-17(19)16(13(3)22-23)9-14(10-20)18(24)21-15-7-5-4-6-8-15/h9,12,15H,4-8,11H2,1-3H3,(H,21,24)/b14-9+. The Morgan fingerprint density at radius 1 is 1.46 bits per heavy atom. The molecule has 1 amide bonds. The molecule has 0 radical (unpaired) electrons. The normalized spacial score (nSPS) is 16.2. The summed E-state index contributed by atoms with van der Waals surface area (Å²) in [5.41, 5.74) is 1.45. The second-order valence-corrected chi connectivity index (χ2v) is 7.20. The van der Waals surface area contributed by atoms with Gasteiger partial charge in [0.15, 0.2) is 0 Å². The Balaban J connectivity index is 2.19.